The first-order valence-corrected chi connectivity index (χ1v) is 7.13. The number of hydrogen-bond acceptors (Lipinski definition) is 4. The summed E-state index contributed by atoms with van der Waals surface area (Å²) in [6.07, 6.45) is 4.36. The standard InChI is InChI=1S/C16H21N3O2/c1-5-21-14-8-13(9-17-10-14)16(20)7-6-15-11(2)18-19(4)12(15)3/h8-10H,5-7H2,1-4H3. The van der Waals surface area contributed by atoms with Gasteiger partial charge in [0.2, 0.25) is 0 Å². The molecule has 0 aliphatic heterocycles. The van der Waals surface area contributed by atoms with Crippen LogP contribution < -0.4 is 4.74 Å². The Labute approximate surface area is 125 Å². The maximum atomic E-state index is 12.3. The largest absolute Gasteiger partial charge is 0.492 e. The molecule has 0 amide bonds. The molecule has 2 rings (SSSR count). The number of ketones is 1. The van der Waals surface area contributed by atoms with Crippen molar-refractivity contribution in [3.8, 4) is 5.75 Å². The van der Waals surface area contributed by atoms with E-state index in [9.17, 15) is 4.79 Å². The van der Waals surface area contributed by atoms with Crippen molar-refractivity contribution in [3.63, 3.8) is 0 Å². The minimum atomic E-state index is 0.0757. The molecular weight excluding hydrogens is 266 g/mol. The monoisotopic (exact) mass is 287 g/mol. The predicted molar refractivity (Wildman–Crippen MR) is 80.7 cm³/mol. The number of aryl methyl sites for hydroxylation is 2. The van der Waals surface area contributed by atoms with Crippen molar-refractivity contribution in [1.82, 2.24) is 14.8 Å². The lowest BCUT2D eigenvalue weighted by molar-refractivity contribution is 0.0982. The number of rotatable bonds is 6. The fraction of sp³-hybridized carbons (Fsp3) is 0.438. The third-order valence-corrected chi connectivity index (χ3v) is 3.61. The van der Waals surface area contributed by atoms with Gasteiger partial charge in [-0.2, -0.15) is 5.10 Å². The molecule has 112 valence electrons. The van der Waals surface area contributed by atoms with Gasteiger partial charge in [0.15, 0.2) is 5.78 Å². The van der Waals surface area contributed by atoms with E-state index in [1.165, 1.54) is 0 Å². The van der Waals surface area contributed by atoms with E-state index in [0.717, 1.165) is 17.0 Å². The van der Waals surface area contributed by atoms with Crippen molar-refractivity contribution in [3.05, 3.63) is 41.0 Å². The minimum absolute atomic E-state index is 0.0757. The van der Waals surface area contributed by atoms with E-state index in [2.05, 4.69) is 10.1 Å². The first-order valence-electron chi connectivity index (χ1n) is 7.13. The van der Waals surface area contributed by atoms with Gasteiger partial charge in [0.05, 0.1) is 18.5 Å². The van der Waals surface area contributed by atoms with Crippen LogP contribution in [0.4, 0.5) is 0 Å². The number of carbonyl (C=O) groups is 1. The lowest BCUT2D eigenvalue weighted by Crippen LogP contribution is -2.04. The minimum Gasteiger partial charge on any atom is -0.492 e. The molecule has 0 saturated carbocycles. The summed E-state index contributed by atoms with van der Waals surface area (Å²) in [6.45, 7) is 6.47. The molecule has 0 aliphatic rings. The van der Waals surface area contributed by atoms with E-state index in [4.69, 9.17) is 4.74 Å². The van der Waals surface area contributed by atoms with Crippen molar-refractivity contribution >= 4 is 5.78 Å². The van der Waals surface area contributed by atoms with Gasteiger partial charge in [-0.25, -0.2) is 0 Å². The van der Waals surface area contributed by atoms with Gasteiger partial charge in [0.1, 0.15) is 5.75 Å². The molecule has 2 aromatic rings. The number of hydrogen-bond donors (Lipinski definition) is 0. The predicted octanol–water partition coefficient (Wildman–Crippen LogP) is 2.65. The molecule has 0 saturated heterocycles. The van der Waals surface area contributed by atoms with Gasteiger partial charge in [-0.3, -0.25) is 14.5 Å². The zero-order chi connectivity index (χ0) is 15.4. The molecular formula is C16H21N3O2. The van der Waals surface area contributed by atoms with Gasteiger partial charge in [0.25, 0.3) is 0 Å². The molecule has 0 unspecified atom stereocenters. The second-order valence-corrected chi connectivity index (χ2v) is 5.04. The Bertz CT molecular complexity index is 647. The highest BCUT2D eigenvalue weighted by atomic mass is 16.5. The average molecular weight is 287 g/mol. The number of aromatic nitrogens is 3. The van der Waals surface area contributed by atoms with Gasteiger partial charge in [0, 0.05) is 30.9 Å². The Morgan fingerprint density at radius 3 is 2.71 bits per heavy atom. The average Bonchev–Trinajstić information content (AvgIpc) is 2.70. The smallest absolute Gasteiger partial charge is 0.164 e. The number of pyridine rings is 1. The summed E-state index contributed by atoms with van der Waals surface area (Å²) >= 11 is 0. The molecule has 0 atom stereocenters. The summed E-state index contributed by atoms with van der Waals surface area (Å²) in [5.41, 5.74) is 3.85. The molecule has 0 spiro atoms. The lowest BCUT2D eigenvalue weighted by atomic mass is 10.0. The van der Waals surface area contributed by atoms with Crippen molar-refractivity contribution < 1.29 is 9.53 Å². The van der Waals surface area contributed by atoms with Crippen molar-refractivity contribution in [2.24, 2.45) is 7.05 Å². The Balaban J connectivity index is 2.06. The van der Waals surface area contributed by atoms with E-state index in [-0.39, 0.29) is 5.78 Å². The number of nitrogens with zero attached hydrogens (tertiary/aromatic N) is 3. The number of Topliss-reactive ketones (excluding diaryl/α,β-unsaturated/α-hetero) is 1. The van der Waals surface area contributed by atoms with Crippen LogP contribution in [0.15, 0.2) is 18.5 Å². The molecule has 0 aliphatic carbocycles. The highest BCUT2D eigenvalue weighted by Gasteiger charge is 2.13. The fourth-order valence-electron chi connectivity index (χ4n) is 2.38. The Morgan fingerprint density at radius 2 is 2.10 bits per heavy atom. The summed E-state index contributed by atoms with van der Waals surface area (Å²) in [7, 11) is 1.92. The Kier molecular flexibility index (Phi) is 4.73. The highest BCUT2D eigenvalue weighted by Crippen LogP contribution is 2.17. The molecule has 0 aromatic carbocycles. The van der Waals surface area contributed by atoms with E-state index in [1.807, 2.05) is 32.5 Å². The molecule has 0 N–H and O–H groups in total. The third kappa shape index (κ3) is 3.48. The zero-order valence-corrected chi connectivity index (χ0v) is 13.0. The van der Waals surface area contributed by atoms with Gasteiger partial charge >= 0.3 is 0 Å². The highest BCUT2D eigenvalue weighted by molar-refractivity contribution is 5.96. The van der Waals surface area contributed by atoms with Gasteiger partial charge < -0.3 is 4.74 Å². The van der Waals surface area contributed by atoms with E-state index in [0.29, 0.717) is 30.8 Å². The van der Waals surface area contributed by atoms with Crippen LogP contribution in [-0.4, -0.2) is 27.2 Å². The fourth-order valence-corrected chi connectivity index (χ4v) is 2.38. The van der Waals surface area contributed by atoms with Crippen molar-refractivity contribution in [1.29, 1.82) is 0 Å². The van der Waals surface area contributed by atoms with E-state index < -0.39 is 0 Å². The number of ether oxygens (including phenoxy) is 1. The summed E-state index contributed by atoms with van der Waals surface area (Å²) < 4.78 is 7.23. The molecule has 5 heteroatoms. The van der Waals surface area contributed by atoms with Crippen LogP contribution in [0, 0.1) is 13.8 Å². The topological polar surface area (TPSA) is 57.0 Å². The third-order valence-electron chi connectivity index (χ3n) is 3.61. The zero-order valence-electron chi connectivity index (χ0n) is 13.0. The van der Waals surface area contributed by atoms with Crippen molar-refractivity contribution in [2.45, 2.75) is 33.6 Å². The van der Waals surface area contributed by atoms with Gasteiger partial charge in [-0.15, -0.1) is 0 Å². The van der Waals surface area contributed by atoms with Gasteiger partial charge in [-0.1, -0.05) is 0 Å². The summed E-state index contributed by atoms with van der Waals surface area (Å²) in [5, 5.41) is 4.37. The summed E-state index contributed by atoms with van der Waals surface area (Å²) in [4.78, 5) is 16.3. The first-order chi connectivity index (χ1) is 10.0. The van der Waals surface area contributed by atoms with E-state index >= 15 is 0 Å². The quantitative estimate of drug-likeness (QED) is 0.766. The summed E-state index contributed by atoms with van der Waals surface area (Å²) in [5.74, 6) is 0.712. The lowest BCUT2D eigenvalue weighted by Gasteiger charge is -2.05. The second kappa shape index (κ2) is 6.52. The van der Waals surface area contributed by atoms with Crippen LogP contribution in [0.25, 0.3) is 0 Å². The van der Waals surface area contributed by atoms with Crippen LogP contribution in [0.3, 0.4) is 0 Å². The molecule has 0 bridgehead atoms. The van der Waals surface area contributed by atoms with Crippen molar-refractivity contribution in [2.75, 3.05) is 6.61 Å². The Morgan fingerprint density at radius 1 is 1.33 bits per heavy atom. The molecule has 2 heterocycles. The van der Waals surface area contributed by atoms with Gasteiger partial charge in [-0.05, 0) is 38.8 Å². The number of carbonyl (C=O) groups excluding carboxylic acids is 1. The first kappa shape index (κ1) is 15.2. The SMILES string of the molecule is CCOc1cncc(C(=O)CCc2c(C)nn(C)c2C)c1. The Hall–Kier alpha value is -2.17. The maximum Gasteiger partial charge on any atom is 0.164 e. The van der Waals surface area contributed by atoms with Crippen LogP contribution in [-0.2, 0) is 13.5 Å². The maximum absolute atomic E-state index is 12.3. The molecule has 0 radical (unpaired) electrons. The molecule has 0 fully saturated rings. The van der Waals surface area contributed by atoms with Crippen LogP contribution in [0.2, 0.25) is 0 Å². The molecule has 5 nitrogen and oxygen atoms in total. The van der Waals surface area contributed by atoms with E-state index in [1.54, 1.807) is 18.5 Å². The van der Waals surface area contributed by atoms with Crippen LogP contribution in [0.5, 0.6) is 5.75 Å². The van der Waals surface area contributed by atoms with Crippen LogP contribution >= 0.6 is 0 Å². The molecule has 2 aromatic heterocycles. The second-order valence-electron chi connectivity index (χ2n) is 5.04. The van der Waals surface area contributed by atoms with Crippen LogP contribution in [0.1, 0.15) is 40.7 Å². The molecule has 21 heavy (non-hydrogen) atoms. The summed E-state index contributed by atoms with van der Waals surface area (Å²) in [6, 6.07) is 1.75. The normalized spacial score (nSPS) is 10.7.